The Morgan fingerprint density at radius 3 is 2.64 bits per heavy atom. The van der Waals surface area contributed by atoms with Crippen molar-refractivity contribution in [3.63, 3.8) is 0 Å². The molecule has 0 aromatic rings. The quantitative estimate of drug-likeness (QED) is 0.654. The molecule has 1 aliphatic carbocycles. The summed E-state index contributed by atoms with van der Waals surface area (Å²) in [6, 6.07) is 1.08. The third kappa shape index (κ3) is 4.09. The SMILES string of the molecule is CC(C)NCCCC(=O)N(C)C1CC1. The first kappa shape index (κ1) is 11.5. The molecule has 14 heavy (non-hydrogen) atoms. The Kier molecular flexibility index (Phi) is 4.39. The van der Waals surface area contributed by atoms with Crippen LogP contribution in [-0.2, 0) is 4.79 Å². The predicted octanol–water partition coefficient (Wildman–Crippen LogP) is 1.39. The summed E-state index contributed by atoms with van der Waals surface area (Å²) in [4.78, 5) is 13.5. The lowest BCUT2D eigenvalue weighted by molar-refractivity contribution is -0.130. The van der Waals surface area contributed by atoms with Gasteiger partial charge in [-0.15, -0.1) is 0 Å². The van der Waals surface area contributed by atoms with Gasteiger partial charge in [-0.25, -0.2) is 0 Å². The van der Waals surface area contributed by atoms with Crippen molar-refractivity contribution in [1.29, 1.82) is 0 Å². The highest BCUT2D eigenvalue weighted by atomic mass is 16.2. The molecular formula is C11H22N2O. The van der Waals surface area contributed by atoms with Gasteiger partial charge >= 0.3 is 0 Å². The third-order valence-corrected chi connectivity index (χ3v) is 2.61. The van der Waals surface area contributed by atoms with Gasteiger partial charge in [0.25, 0.3) is 0 Å². The lowest BCUT2D eigenvalue weighted by Gasteiger charge is -2.16. The highest BCUT2D eigenvalue weighted by Gasteiger charge is 2.28. The molecule has 1 rings (SSSR count). The lowest BCUT2D eigenvalue weighted by atomic mass is 10.2. The van der Waals surface area contributed by atoms with E-state index >= 15 is 0 Å². The average Bonchev–Trinajstić information content (AvgIpc) is 2.93. The molecule has 82 valence electrons. The number of carbonyl (C=O) groups is 1. The number of amides is 1. The van der Waals surface area contributed by atoms with Crippen LogP contribution < -0.4 is 5.32 Å². The molecule has 3 heteroatoms. The molecule has 1 N–H and O–H groups in total. The maximum absolute atomic E-state index is 11.6. The van der Waals surface area contributed by atoms with E-state index in [4.69, 9.17) is 0 Å². The van der Waals surface area contributed by atoms with E-state index in [0.29, 0.717) is 24.4 Å². The molecule has 0 spiro atoms. The molecule has 0 radical (unpaired) electrons. The van der Waals surface area contributed by atoms with Gasteiger partial charge in [-0.2, -0.15) is 0 Å². The second kappa shape index (κ2) is 5.35. The Labute approximate surface area is 86.9 Å². The molecule has 0 heterocycles. The maximum Gasteiger partial charge on any atom is 0.222 e. The summed E-state index contributed by atoms with van der Waals surface area (Å²) >= 11 is 0. The van der Waals surface area contributed by atoms with Crippen LogP contribution in [0.25, 0.3) is 0 Å². The van der Waals surface area contributed by atoms with Crippen LogP contribution in [-0.4, -0.2) is 36.5 Å². The van der Waals surface area contributed by atoms with Gasteiger partial charge in [0.15, 0.2) is 0 Å². The van der Waals surface area contributed by atoms with Crippen molar-refractivity contribution in [3.05, 3.63) is 0 Å². The van der Waals surface area contributed by atoms with Crippen molar-refractivity contribution in [2.75, 3.05) is 13.6 Å². The van der Waals surface area contributed by atoms with E-state index in [1.54, 1.807) is 0 Å². The van der Waals surface area contributed by atoms with Crippen molar-refractivity contribution in [2.24, 2.45) is 0 Å². The van der Waals surface area contributed by atoms with Crippen molar-refractivity contribution < 1.29 is 4.79 Å². The van der Waals surface area contributed by atoms with Crippen molar-refractivity contribution in [1.82, 2.24) is 10.2 Å². The van der Waals surface area contributed by atoms with Crippen LogP contribution in [0.4, 0.5) is 0 Å². The molecule has 0 bridgehead atoms. The fourth-order valence-electron chi connectivity index (χ4n) is 1.47. The summed E-state index contributed by atoms with van der Waals surface area (Å²) in [7, 11) is 1.93. The van der Waals surface area contributed by atoms with Crippen LogP contribution in [0.3, 0.4) is 0 Å². The lowest BCUT2D eigenvalue weighted by Crippen LogP contribution is -2.30. The summed E-state index contributed by atoms with van der Waals surface area (Å²) in [6.45, 7) is 5.19. The largest absolute Gasteiger partial charge is 0.343 e. The number of nitrogens with one attached hydrogen (secondary N) is 1. The first-order valence-corrected chi connectivity index (χ1v) is 5.60. The average molecular weight is 198 g/mol. The smallest absolute Gasteiger partial charge is 0.222 e. The molecule has 0 saturated heterocycles. The molecule has 0 aromatic heterocycles. The summed E-state index contributed by atoms with van der Waals surface area (Å²) < 4.78 is 0. The fraction of sp³-hybridized carbons (Fsp3) is 0.909. The monoisotopic (exact) mass is 198 g/mol. The van der Waals surface area contributed by atoms with E-state index in [-0.39, 0.29) is 0 Å². The number of nitrogens with zero attached hydrogens (tertiary/aromatic N) is 1. The molecule has 0 unspecified atom stereocenters. The zero-order valence-electron chi connectivity index (χ0n) is 9.55. The first-order valence-electron chi connectivity index (χ1n) is 5.60. The van der Waals surface area contributed by atoms with Crippen molar-refractivity contribution in [3.8, 4) is 0 Å². The van der Waals surface area contributed by atoms with E-state index < -0.39 is 0 Å². The van der Waals surface area contributed by atoms with Gasteiger partial charge < -0.3 is 10.2 Å². The molecule has 0 aliphatic heterocycles. The van der Waals surface area contributed by atoms with E-state index in [1.807, 2.05) is 11.9 Å². The van der Waals surface area contributed by atoms with Gasteiger partial charge in [-0.3, -0.25) is 4.79 Å². The molecule has 0 aromatic carbocycles. The zero-order chi connectivity index (χ0) is 10.6. The molecule has 3 nitrogen and oxygen atoms in total. The minimum Gasteiger partial charge on any atom is -0.343 e. The minimum atomic E-state index is 0.304. The number of hydrogen-bond acceptors (Lipinski definition) is 2. The standard InChI is InChI=1S/C11H22N2O/c1-9(2)12-8-4-5-11(14)13(3)10-6-7-10/h9-10,12H,4-8H2,1-3H3. The Hall–Kier alpha value is -0.570. The Balaban J connectivity index is 2.02. The van der Waals surface area contributed by atoms with Gasteiger partial charge in [0.1, 0.15) is 0 Å². The first-order chi connectivity index (χ1) is 6.61. The summed E-state index contributed by atoms with van der Waals surface area (Å²) in [5, 5.41) is 3.31. The van der Waals surface area contributed by atoms with Crippen LogP contribution >= 0.6 is 0 Å². The molecular weight excluding hydrogens is 176 g/mol. The predicted molar refractivity (Wildman–Crippen MR) is 58.2 cm³/mol. The fourth-order valence-corrected chi connectivity index (χ4v) is 1.47. The molecule has 1 amide bonds. The van der Waals surface area contributed by atoms with Crippen LogP contribution in [0, 0.1) is 0 Å². The van der Waals surface area contributed by atoms with Gasteiger partial charge in [0.05, 0.1) is 0 Å². The van der Waals surface area contributed by atoms with Gasteiger partial charge in [0, 0.05) is 25.6 Å². The zero-order valence-corrected chi connectivity index (χ0v) is 9.55. The van der Waals surface area contributed by atoms with Gasteiger partial charge in [-0.1, -0.05) is 13.8 Å². The highest BCUT2D eigenvalue weighted by molar-refractivity contribution is 5.76. The maximum atomic E-state index is 11.6. The number of hydrogen-bond donors (Lipinski definition) is 1. The topological polar surface area (TPSA) is 32.3 Å². The minimum absolute atomic E-state index is 0.304. The van der Waals surface area contributed by atoms with E-state index in [9.17, 15) is 4.79 Å². The summed E-state index contributed by atoms with van der Waals surface area (Å²) in [5.74, 6) is 0.304. The van der Waals surface area contributed by atoms with Gasteiger partial charge in [-0.05, 0) is 25.8 Å². The second-order valence-corrected chi connectivity index (χ2v) is 4.45. The molecule has 0 atom stereocenters. The van der Waals surface area contributed by atoms with Gasteiger partial charge in [0.2, 0.25) is 5.91 Å². The molecule has 1 aliphatic rings. The molecule has 1 fully saturated rings. The van der Waals surface area contributed by atoms with E-state index in [1.165, 1.54) is 12.8 Å². The second-order valence-electron chi connectivity index (χ2n) is 4.45. The highest BCUT2D eigenvalue weighted by Crippen LogP contribution is 2.25. The molecule has 1 saturated carbocycles. The van der Waals surface area contributed by atoms with Crippen LogP contribution in [0.5, 0.6) is 0 Å². The Morgan fingerprint density at radius 1 is 1.50 bits per heavy atom. The van der Waals surface area contributed by atoms with Crippen molar-refractivity contribution >= 4 is 5.91 Å². The Morgan fingerprint density at radius 2 is 2.14 bits per heavy atom. The normalized spacial score (nSPS) is 16.0. The van der Waals surface area contributed by atoms with Crippen LogP contribution in [0.2, 0.25) is 0 Å². The van der Waals surface area contributed by atoms with E-state index in [2.05, 4.69) is 19.2 Å². The van der Waals surface area contributed by atoms with Crippen LogP contribution in [0.1, 0.15) is 39.5 Å². The van der Waals surface area contributed by atoms with Crippen LogP contribution in [0.15, 0.2) is 0 Å². The summed E-state index contributed by atoms with van der Waals surface area (Å²) in [5.41, 5.74) is 0. The third-order valence-electron chi connectivity index (χ3n) is 2.61. The van der Waals surface area contributed by atoms with E-state index in [0.717, 1.165) is 13.0 Å². The number of carbonyl (C=O) groups excluding carboxylic acids is 1. The summed E-state index contributed by atoms with van der Waals surface area (Å²) in [6.07, 6.45) is 4.04. The number of rotatable bonds is 6. The Bertz CT molecular complexity index is 188. The van der Waals surface area contributed by atoms with Crippen molar-refractivity contribution in [2.45, 2.75) is 51.6 Å².